The van der Waals surface area contributed by atoms with Crippen LogP contribution in [-0.2, 0) is 87.3 Å². The third kappa shape index (κ3) is 10.8. The Labute approximate surface area is 663 Å². The number of rotatable bonds is 22. The molecular weight excluding hydrogens is 1470 g/mol. The number of imide groups is 1. The van der Waals surface area contributed by atoms with Gasteiger partial charge in [-0.2, -0.15) is 0 Å². The van der Waals surface area contributed by atoms with Crippen molar-refractivity contribution in [2.24, 2.45) is 23.7 Å². The first-order valence-corrected chi connectivity index (χ1v) is 41.7. The highest BCUT2D eigenvalue weighted by Gasteiger charge is 2.86. The number of fused-ring (bicyclic) bond motifs is 6. The van der Waals surface area contributed by atoms with Gasteiger partial charge < -0.3 is 36.1 Å². The second-order valence-electron chi connectivity index (χ2n) is 35.2. The molecule has 28 heteroatoms. The Bertz CT molecular complexity index is 5280. The first kappa shape index (κ1) is 74.1. The number of hydrogen-bond acceptors (Lipinski definition) is 14. The Hall–Kier alpha value is -11.1. The number of unbranched alkanes of at least 4 members (excludes halogenated alkanes) is 8. The number of nitrogens with one attached hydrogen (secondary N) is 5. The van der Waals surface area contributed by atoms with Gasteiger partial charge in [-0.05, 0) is 129 Å². The molecule has 600 valence electrons. The maximum atomic E-state index is 15.6. The third-order valence-corrected chi connectivity index (χ3v) is 27.9. The molecule has 15 aliphatic rings. The number of nitrogens with zero attached hydrogens (tertiary/aromatic N) is 9. The fourth-order valence-corrected chi connectivity index (χ4v) is 23.0. The van der Waals surface area contributed by atoms with Gasteiger partial charge in [0.15, 0.2) is 22.7 Å². The van der Waals surface area contributed by atoms with Gasteiger partial charge in [0, 0.05) is 83.1 Å². The largest absolute Gasteiger partial charge is 0.463 e. The summed E-state index contributed by atoms with van der Waals surface area (Å²) in [6.45, 7) is 9.41. The molecule has 6 aromatic rings. The van der Waals surface area contributed by atoms with Crippen LogP contribution in [0.3, 0.4) is 0 Å². The van der Waals surface area contributed by atoms with Crippen LogP contribution in [0.2, 0.25) is 0 Å². The number of aromatic nitrogens is 4. The number of esters is 1. The molecule has 2 unspecified atom stereocenters. The van der Waals surface area contributed by atoms with Crippen LogP contribution in [0.1, 0.15) is 228 Å². The fourth-order valence-electron chi connectivity index (χ4n) is 23.0. The molecule has 6 saturated heterocycles. The molecular formula is C87H98N14O14. The van der Waals surface area contributed by atoms with E-state index in [1.165, 1.54) is 54.9 Å². The van der Waals surface area contributed by atoms with Crippen LogP contribution in [-0.4, -0.2) is 134 Å². The van der Waals surface area contributed by atoms with E-state index in [-0.39, 0.29) is 113 Å². The van der Waals surface area contributed by atoms with Gasteiger partial charge in [-0.25, -0.2) is 42.7 Å². The predicted molar refractivity (Wildman–Crippen MR) is 418 cm³/mol. The van der Waals surface area contributed by atoms with E-state index in [0.717, 1.165) is 68.1 Å². The van der Waals surface area contributed by atoms with Crippen LogP contribution < -0.4 is 48.8 Å². The maximum Gasteiger partial charge on any atom is 0.407 e. The minimum atomic E-state index is -1.52. The summed E-state index contributed by atoms with van der Waals surface area (Å²) in [7, 11) is 0. The molecule has 6 aliphatic carbocycles. The van der Waals surface area contributed by atoms with Crippen LogP contribution in [0.25, 0.3) is 0 Å². The highest BCUT2D eigenvalue weighted by molar-refractivity contribution is 6.07. The van der Waals surface area contributed by atoms with E-state index >= 15 is 47.9 Å². The molecule has 5 N–H and O–H groups in total. The summed E-state index contributed by atoms with van der Waals surface area (Å²) in [6.07, 6.45) is 14.3. The first-order chi connectivity index (χ1) is 55.5. The van der Waals surface area contributed by atoms with Crippen LogP contribution >= 0.6 is 0 Å². The zero-order valence-corrected chi connectivity index (χ0v) is 65.7. The van der Waals surface area contributed by atoms with E-state index in [1.54, 1.807) is 70.7 Å². The number of urea groups is 4. The lowest BCUT2D eigenvalue weighted by atomic mass is 9.50. The quantitative estimate of drug-likeness (QED) is 0.0183. The topological polar surface area (TPSA) is 319 Å². The second-order valence-corrected chi connectivity index (χ2v) is 35.2. The molecule has 1 spiro atoms. The number of aryl methyl sites for hydroxylation is 2. The van der Waals surface area contributed by atoms with Gasteiger partial charge in [-0.15, -0.1) is 0 Å². The Morgan fingerprint density at radius 3 is 1.45 bits per heavy atom. The number of carbonyl (C=O) groups is 8. The summed E-state index contributed by atoms with van der Waals surface area (Å²) >= 11 is 0. The van der Waals surface area contributed by atoms with Crippen LogP contribution in [0.5, 0.6) is 0 Å². The molecule has 3 saturated carbocycles. The third-order valence-electron chi connectivity index (χ3n) is 27.9. The van der Waals surface area contributed by atoms with E-state index in [4.69, 9.17) is 9.47 Å². The Morgan fingerprint density at radius 2 is 0.948 bits per heavy atom. The predicted octanol–water partition coefficient (Wildman–Crippen LogP) is 8.91. The van der Waals surface area contributed by atoms with Crippen molar-refractivity contribution < 1.29 is 47.8 Å². The number of benzene rings is 4. The average Bonchev–Trinajstić information content (AvgIpc) is 1.46. The average molecular weight is 1560 g/mol. The number of hydrogen-bond donors (Lipinski definition) is 5. The van der Waals surface area contributed by atoms with Crippen molar-refractivity contribution in [2.45, 2.75) is 236 Å². The van der Waals surface area contributed by atoms with E-state index < -0.39 is 128 Å². The van der Waals surface area contributed by atoms with Crippen molar-refractivity contribution in [3.8, 4) is 0 Å². The lowest BCUT2D eigenvalue weighted by Crippen LogP contribution is -2.80. The zero-order valence-electron chi connectivity index (χ0n) is 65.7. The molecule has 21 rings (SSSR count). The molecule has 9 fully saturated rings. The standard InChI is InChI=1S/C87H98N14O14/c1-6-8-10-12-15-20-49-25-29-58(30-26-49)84-86(59-31-27-50(28-32-59)21-16-13-11-9-7-2)93(78(109)89-84)42-56(43-94(86)79(110)90-84)57-46-99-74(105)68-60-33-34-61(69(68)75(106)100(99)47-57)67-66(60)72(103)97-44-54-38-52-40-95-80(111)91-85-62-35-36-63(87(85,95)96(81(112)92-85)41-53(52)39-55(54)45-98(97)73(67)104)71-70(62)76(107)101(77(71)108)64(51-22-17-14-18-23-51)48-114-65(102)24-19-37-88-82(113)115-83(3,4)5/h14,17-18,22-23,25-32,38-39,60-64,70-71H,6-13,15-16,19-21,24,33-37,40-48H2,1-5H3,(H,88,113)(H,89,109)(H,90,110)(H,91,111)(H,92,112)/t60-,61+,62-,63+,64-,70-,71+,84?,85?,86?,87?/m0/s1. The number of likely N-dealkylation sites (tertiary alicyclic amines) is 1. The summed E-state index contributed by atoms with van der Waals surface area (Å²) in [5, 5.41) is 15.7. The number of allylic oxidation sites excluding steroid dienone is 1. The van der Waals surface area contributed by atoms with E-state index in [2.05, 4.69) is 76.8 Å². The number of alkyl carbamates (subject to hydrolysis) is 1. The zero-order chi connectivity index (χ0) is 79.7. The second kappa shape index (κ2) is 27.3. The van der Waals surface area contributed by atoms with Crippen LogP contribution in [0.4, 0.5) is 24.0 Å². The molecule has 9 atom stereocenters. The first-order valence-electron chi connectivity index (χ1n) is 41.7. The lowest BCUT2D eigenvalue weighted by Gasteiger charge is -2.62. The summed E-state index contributed by atoms with van der Waals surface area (Å²) in [5.74, 6) is -6.79. The molecule has 9 aliphatic heterocycles. The molecule has 4 bridgehead atoms. The molecule has 11 heterocycles. The van der Waals surface area contributed by atoms with Crippen LogP contribution in [0, 0.1) is 23.7 Å². The van der Waals surface area contributed by atoms with E-state index in [0.29, 0.717) is 64.6 Å². The fraction of sp³-hybridized carbons (Fsp3) is 0.517. The van der Waals surface area contributed by atoms with E-state index in [1.807, 2.05) is 24.3 Å². The van der Waals surface area contributed by atoms with Gasteiger partial charge in [-0.3, -0.25) is 58.1 Å². The van der Waals surface area contributed by atoms with Crippen LogP contribution in [0.15, 0.2) is 121 Å². The number of ether oxygens (including phenoxy) is 2. The molecule has 28 nitrogen and oxygen atoms in total. The maximum absolute atomic E-state index is 15.6. The van der Waals surface area contributed by atoms with Gasteiger partial charge in [-0.1, -0.05) is 156 Å². The van der Waals surface area contributed by atoms with E-state index in [9.17, 15) is 9.59 Å². The van der Waals surface area contributed by atoms with Gasteiger partial charge in [0.2, 0.25) is 11.8 Å². The molecule has 4 aromatic carbocycles. The minimum absolute atomic E-state index is 0.0106. The number of amides is 11. The lowest BCUT2D eigenvalue weighted by molar-refractivity contribution is -0.185. The highest BCUT2D eigenvalue weighted by Crippen LogP contribution is 2.68. The summed E-state index contributed by atoms with van der Waals surface area (Å²) in [4.78, 5) is 187. The summed E-state index contributed by atoms with van der Waals surface area (Å²) < 4.78 is 16.9. The Kier molecular flexibility index (Phi) is 17.6. The smallest absolute Gasteiger partial charge is 0.407 e. The Morgan fingerprint density at radius 1 is 0.496 bits per heavy atom. The molecule has 115 heavy (non-hydrogen) atoms. The molecule has 2 aromatic heterocycles. The van der Waals surface area contributed by atoms with Crippen molar-refractivity contribution >= 4 is 48.0 Å². The summed E-state index contributed by atoms with van der Waals surface area (Å²) in [5.41, 5.74) is 1.04. The normalized spacial score (nSPS) is 27.2. The molecule has 11 amide bonds. The van der Waals surface area contributed by atoms with Crippen molar-refractivity contribution in [3.63, 3.8) is 0 Å². The van der Waals surface area contributed by atoms with Gasteiger partial charge in [0.25, 0.3) is 22.2 Å². The highest BCUT2D eigenvalue weighted by atomic mass is 16.6. The Balaban J connectivity index is 0.600. The van der Waals surface area contributed by atoms with Crippen molar-refractivity contribution in [1.82, 2.24) is 69.8 Å². The summed E-state index contributed by atoms with van der Waals surface area (Å²) in [6, 6.07) is 26.5. The van der Waals surface area contributed by atoms with Crippen molar-refractivity contribution in [2.75, 3.05) is 26.2 Å². The van der Waals surface area contributed by atoms with Gasteiger partial charge in [0.05, 0.1) is 57.1 Å². The van der Waals surface area contributed by atoms with Crippen molar-refractivity contribution in [3.05, 3.63) is 216 Å². The van der Waals surface area contributed by atoms with Gasteiger partial charge in [0.1, 0.15) is 12.2 Å². The molecule has 0 radical (unpaired) electrons. The SMILES string of the molecule is CCCCCCCc1ccc(C23NC(=O)N4CC(=C5Cn6c(=O)c7c(c(=O)n6C5)[C@@H]5CC[C@H]7c6c5c(=O)n5n(c6=O)Cc6cc7c(cc6C5)CN5C(=O)NC68NC(=O)N(C7)C56[C@@H]5CC[C@H]8[C@@H]6C(=O)N([C@@H](COC(=O)CCCNC(=O)OC(C)(C)C)c7ccccc7)C(=O)[C@@H]65)CN(C(=O)N2)C43c2ccc(CCCCCCC)cc2)cc1. The van der Waals surface area contributed by atoms with Crippen molar-refractivity contribution in [1.29, 1.82) is 0 Å². The monoisotopic (exact) mass is 1560 g/mol. The number of carbonyl (C=O) groups excluding carboxylic acids is 8. The minimum Gasteiger partial charge on any atom is -0.463 e. The van der Waals surface area contributed by atoms with Gasteiger partial charge >= 0.3 is 36.2 Å².